The molecule has 2 aromatic rings. The topological polar surface area (TPSA) is 52.6 Å². The van der Waals surface area contributed by atoms with Crippen LogP contribution in [-0.2, 0) is 19.4 Å². The molecule has 0 aliphatic carbocycles. The number of nitrogens with zero attached hydrogens (tertiary/aromatic N) is 3. The van der Waals surface area contributed by atoms with Gasteiger partial charge in [0.15, 0.2) is 5.96 Å². The van der Waals surface area contributed by atoms with Gasteiger partial charge in [0.2, 0.25) is 0 Å². The molecule has 0 saturated carbocycles. The smallest absolute Gasteiger partial charge is 0.191 e. The first-order chi connectivity index (χ1) is 12.7. The monoisotopic (exact) mass is 501 g/mol. The number of halogens is 1. The molecule has 2 N–H and O–H groups in total. The molecule has 27 heavy (non-hydrogen) atoms. The first kappa shape index (κ1) is 23.8. The van der Waals surface area contributed by atoms with Gasteiger partial charge in [-0.25, -0.2) is 4.98 Å². The fourth-order valence-electron chi connectivity index (χ4n) is 2.56. The summed E-state index contributed by atoms with van der Waals surface area (Å²) in [7, 11) is 2.14. The molecule has 0 atom stereocenters. The van der Waals surface area contributed by atoms with Crippen LogP contribution in [0.2, 0.25) is 0 Å². The molecule has 0 fully saturated rings. The van der Waals surface area contributed by atoms with Crippen LogP contribution in [0.25, 0.3) is 0 Å². The highest BCUT2D eigenvalue weighted by atomic mass is 127. The summed E-state index contributed by atoms with van der Waals surface area (Å²) < 4.78 is 0. The largest absolute Gasteiger partial charge is 0.357 e. The molecule has 0 radical (unpaired) electrons. The van der Waals surface area contributed by atoms with Crippen LogP contribution >= 0.6 is 35.3 Å². The number of benzene rings is 1. The van der Waals surface area contributed by atoms with Crippen molar-refractivity contribution in [3.63, 3.8) is 0 Å². The zero-order chi connectivity index (χ0) is 18.6. The molecular formula is C20H32IN5S. The van der Waals surface area contributed by atoms with E-state index < -0.39 is 0 Å². The van der Waals surface area contributed by atoms with Gasteiger partial charge in [0.25, 0.3) is 0 Å². The van der Waals surface area contributed by atoms with Crippen molar-refractivity contribution in [3.8, 4) is 0 Å². The van der Waals surface area contributed by atoms with Crippen molar-refractivity contribution < 1.29 is 0 Å². The predicted molar refractivity (Wildman–Crippen MR) is 127 cm³/mol. The first-order valence-electron chi connectivity index (χ1n) is 9.39. The highest BCUT2D eigenvalue weighted by Crippen LogP contribution is 2.13. The fraction of sp³-hybridized carbons (Fsp3) is 0.500. The minimum Gasteiger partial charge on any atom is -0.357 e. The Kier molecular flexibility index (Phi) is 12.3. The van der Waals surface area contributed by atoms with Gasteiger partial charge in [-0.05, 0) is 26.0 Å². The van der Waals surface area contributed by atoms with Crippen LogP contribution in [0, 0.1) is 0 Å². The third kappa shape index (κ3) is 9.53. The Morgan fingerprint density at radius 3 is 2.63 bits per heavy atom. The SMILES string of the molecule is CCNC(=NCCN(C)Cc1ccccc1)NCCc1ncc(CC)s1.I. The van der Waals surface area contributed by atoms with E-state index in [1.165, 1.54) is 15.4 Å². The van der Waals surface area contributed by atoms with E-state index >= 15 is 0 Å². The van der Waals surface area contributed by atoms with Gasteiger partial charge in [-0.3, -0.25) is 4.99 Å². The minimum atomic E-state index is 0. The molecule has 0 aliphatic heterocycles. The molecule has 1 aromatic heterocycles. The van der Waals surface area contributed by atoms with Crippen molar-refractivity contribution in [2.75, 3.05) is 33.2 Å². The standard InChI is InChI=1S/C20H31N5S.HI/c1-4-18-15-24-19(26-18)11-12-22-20(21-5-2)23-13-14-25(3)16-17-9-7-6-8-10-17;/h6-10,15H,4-5,11-14,16H2,1-3H3,(H2,21,22,23);1H. The molecule has 0 spiro atoms. The summed E-state index contributed by atoms with van der Waals surface area (Å²) in [6.45, 7) is 8.62. The molecule has 0 saturated heterocycles. The lowest BCUT2D eigenvalue weighted by Crippen LogP contribution is -2.38. The zero-order valence-electron chi connectivity index (χ0n) is 16.6. The Hall–Kier alpha value is -1.19. The van der Waals surface area contributed by atoms with E-state index in [2.05, 4.69) is 76.7 Å². The van der Waals surface area contributed by atoms with Crippen molar-refractivity contribution in [1.82, 2.24) is 20.5 Å². The van der Waals surface area contributed by atoms with Gasteiger partial charge in [0, 0.05) is 43.7 Å². The maximum atomic E-state index is 4.68. The van der Waals surface area contributed by atoms with Crippen LogP contribution in [0.3, 0.4) is 0 Å². The van der Waals surface area contributed by atoms with Crippen molar-refractivity contribution >= 4 is 41.3 Å². The van der Waals surface area contributed by atoms with Gasteiger partial charge in [0.1, 0.15) is 0 Å². The third-order valence-electron chi connectivity index (χ3n) is 3.97. The number of guanidine groups is 1. The summed E-state index contributed by atoms with van der Waals surface area (Å²) in [6.07, 6.45) is 3.98. The average molecular weight is 501 g/mol. The lowest BCUT2D eigenvalue weighted by molar-refractivity contribution is 0.336. The van der Waals surface area contributed by atoms with Gasteiger partial charge >= 0.3 is 0 Å². The molecule has 150 valence electrons. The van der Waals surface area contributed by atoms with E-state index in [-0.39, 0.29) is 24.0 Å². The second-order valence-corrected chi connectivity index (χ2v) is 7.43. The summed E-state index contributed by atoms with van der Waals surface area (Å²) in [6, 6.07) is 10.5. The number of aliphatic imine (C=N–C) groups is 1. The van der Waals surface area contributed by atoms with Gasteiger partial charge in [0.05, 0.1) is 11.6 Å². The molecule has 0 bridgehead atoms. The zero-order valence-corrected chi connectivity index (χ0v) is 19.7. The Bertz CT molecular complexity index is 659. The molecule has 1 aromatic carbocycles. The predicted octanol–water partition coefficient (Wildman–Crippen LogP) is 3.55. The van der Waals surface area contributed by atoms with Crippen molar-refractivity contribution in [2.24, 2.45) is 4.99 Å². The van der Waals surface area contributed by atoms with E-state index in [9.17, 15) is 0 Å². The van der Waals surface area contributed by atoms with Gasteiger partial charge in [-0.2, -0.15) is 0 Å². The highest BCUT2D eigenvalue weighted by Gasteiger charge is 2.03. The summed E-state index contributed by atoms with van der Waals surface area (Å²) in [5.74, 6) is 0.882. The number of nitrogens with one attached hydrogen (secondary N) is 2. The van der Waals surface area contributed by atoms with E-state index in [1.54, 1.807) is 11.3 Å². The normalized spacial score (nSPS) is 11.3. The first-order valence-corrected chi connectivity index (χ1v) is 10.2. The highest BCUT2D eigenvalue weighted by molar-refractivity contribution is 14.0. The summed E-state index contributed by atoms with van der Waals surface area (Å²) in [5, 5.41) is 7.91. The molecule has 2 rings (SSSR count). The number of rotatable bonds is 10. The molecule has 0 unspecified atom stereocenters. The average Bonchev–Trinajstić information content (AvgIpc) is 3.10. The maximum Gasteiger partial charge on any atom is 0.191 e. The minimum absolute atomic E-state index is 0. The second-order valence-electron chi connectivity index (χ2n) is 6.23. The molecule has 0 amide bonds. The molecular weight excluding hydrogens is 469 g/mol. The number of aryl methyl sites for hydroxylation is 1. The maximum absolute atomic E-state index is 4.68. The fourth-order valence-corrected chi connectivity index (χ4v) is 3.43. The molecule has 1 heterocycles. The van der Waals surface area contributed by atoms with Crippen molar-refractivity contribution in [1.29, 1.82) is 0 Å². The Balaban J connectivity index is 0.00000364. The van der Waals surface area contributed by atoms with Crippen LogP contribution in [0.15, 0.2) is 41.5 Å². The van der Waals surface area contributed by atoms with Crippen molar-refractivity contribution in [2.45, 2.75) is 33.2 Å². The number of likely N-dealkylation sites (N-methyl/N-ethyl adjacent to an activating group) is 1. The quantitative estimate of drug-likeness (QED) is 0.297. The number of hydrogen-bond donors (Lipinski definition) is 2. The van der Waals surface area contributed by atoms with Crippen LogP contribution < -0.4 is 10.6 Å². The van der Waals surface area contributed by atoms with Crippen molar-refractivity contribution in [3.05, 3.63) is 52.0 Å². The lowest BCUT2D eigenvalue weighted by atomic mass is 10.2. The van der Waals surface area contributed by atoms with E-state index in [0.717, 1.165) is 51.5 Å². The van der Waals surface area contributed by atoms with Crippen LogP contribution in [0.5, 0.6) is 0 Å². The van der Waals surface area contributed by atoms with Gasteiger partial charge in [-0.15, -0.1) is 35.3 Å². The number of aromatic nitrogens is 1. The number of thiazole rings is 1. The van der Waals surface area contributed by atoms with E-state index in [4.69, 9.17) is 0 Å². The summed E-state index contributed by atoms with van der Waals surface area (Å²) in [5.41, 5.74) is 1.33. The lowest BCUT2D eigenvalue weighted by Gasteiger charge is -2.16. The summed E-state index contributed by atoms with van der Waals surface area (Å²) >= 11 is 1.80. The number of hydrogen-bond acceptors (Lipinski definition) is 4. The van der Waals surface area contributed by atoms with E-state index in [1.807, 2.05) is 6.20 Å². The van der Waals surface area contributed by atoms with Gasteiger partial charge in [-0.1, -0.05) is 37.3 Å². The molecule has 0 aliphatic rings. The molecule has 5 nitrogen and oxygen atoms in total. The third-order valence-corrected chi connectivity index (χ3v) is 5.17. The van der Waals surface area contributed by atoms with Gasteiger partial charge < -0.3 is 15.5 Å². The summed E-state index contributed by atoms with van der Waals surface area (Å²) in [4.78, 5) is 12.8. The Morgan fingerprint density at radius 1 is 1.19 bits per heavy atom. The Morgan fingerprint density at radius 2 is 1.96 bits per heavy atom. The van der Waals surface area contributed by atoms with Crippen LogP contribution in [0.1, 0.15) is 29.3 Å². The Labute approximate surface area is 184 Å². The van der Waals surface area contributed by atoms with E-state index in [0.29, 0.717) is 0 Å². The second kappa shape index (κ2) is 13.9. The van der Waals surface area contributed by atoms with Crippen LogP contribution in [0.4, 0.5) is 0 Å². The molecule has 7 heteroatoms. The van der Waals surface area contributed by atoms with Crippen LogP contribution in [-0.4, -0.2) is 49.1 Å².